The van der Waals surface area contributed by atoms with Gasteiger partial charge in [-0.15, -0.1) is 11.6 Å². The van der Waals surface area contributed by atoms with Crippen molar-refractivity contribution < 1.29 is 5.11 Å². The molecule has 0 bridgehead atoms. The van der Waals surface area contributed by atoms with Crippen molar-refractivity contribution in [2.75, 3.05) is 12.4 Å². The lowest BCUT2D eigenvalue weighted by Crippen LogP contribution is -2.50. The van der Waals surface area contributed by atoms with Crippen LogP contribution < -0.4 is 5.32 Å². The Morgan fingerprint density at radius 3 is 1.80 bits per heavy atom. The Kier molecular flexibility index (Phi) is 13.0. The topological polar surface area (TPSA) is 32.3 Å². The summed E-state index contributed by atoms with van der Waals surface area (Å²) < 4.78 is 0. The van der Waals surface area contributed by atoms with Crippen molar-refractivity contribution >= 4 is 11.6 Å². The fourth-order valence-corrected chi connectivity index (χ4v) is 2.72. The van der Waals surface area contributed by atoms with Crippen LogP contribution in [0.4, 0.5) is 0 Å². The summed E-state index contributed by atoms with van der Waals surface area (Å²) in [6.45, 7) is 7.26. The van der Waals surface area contributed by atoms with Gasteiger partial charge in [0.2, 0.25) is 0 Å². The van der Waals surface area contributed by atoms with Crippen LogP contribution in [-0.4, -0.2) is 29.2 Å². The van der Waals surface area contributed by atoms with E-state index >= 15 is 0 Å². The molecular formula is C17H36ClNO. The van der Waals surface area contributed by atoms with Gasteiger partial charge < -0.3 is 10.4 Å². The third kappa shape index (κ3) is 10.9. The molecule has 0 heterocycles. The Hall–Kier alpha value is 0.210. The summed E-state index contributed by atoms with van der Waals surface area (Å²) in [5, 5.41) is 13.2. The van der Waals surface area contributed by atoms with Crippen LogP contribution in [0.25, 0.3) is 0 Å². The van der Waals surface area contributed by atoms with Crippen LogP contribution in [0.3, 0.4) is 0 Å². The molecule has 20 heavy (non-hydrogen) atoms. The molecule has 122 valence electrons. The minimum atomic E-state index is -0.479. The molecule has 0 aliphatic rings. The lowest BCUT2D eigenvalue weighted by molar-refractivity contribution is 0.0995. The Labute approximate surface area is 131 Å². The van der Waals surface area contributed by atoms with Gasteiger partial charge >= 0.3 is 0 Å². The van der Waals surface area contributed by atoms with Crippen molar-refractivity contribution in [3.63, 3.8) is 0 Å². The van der Waals surface area contributed by atoms with Crippen molar-refractivity contribution in [2.24, 2.45) is 0 Å². The number of unbranched alkanes of at least 4 members (excludes halogenated alkanes) is 9. The van der Waals surface area contributed by atoms with Gasteiger partial charge in [0.1, 0.15) is 0 Å². The van der Waals surface area contributed by atoms with E-state index in [4.69, 9.17) is 11.6 Å². The summed E-state index contributed by atoms with van der Waals surface area (Å²) in [4.78, 5) is 0. The van der Waals surface area contributed by atoms with E-state index in [-0.39, 0.29) is 11.4 Å². The number of rotatable bonds is 14. The normalized spacial score (nSPS) is 13.7. The SMILES string of the molecule is CCCCCCCCCCCCNC(C)(C)C(O)CCl. The maximum Gasteiger partial charge on any atom is 0.0851 e. The third-order valence-corrected chi connectivity index (χ3v) is 4.38. The van der Waals surface area contributed by atoms with Crippen molar-refractivity contribution in [3.05, 3.63) is 0 Å². The molecular weight excluding hydrogens is 270 g/mol. The van der Waals surface area contributed by atoms with Crippen LogP contribution in [0.15, 0.2) is 0 Å². The molecule has 2 N–H and O–H groups in total. The maximum atomic E-state index is 9.75. The van der Waals surface area contributed by atoms with E-state index in [1.54, 1.807) is 0 Å². The lowest BCUT2D eigenvalue weighted by Gasteiger charge is -2.30. The fourth-order valence-electron chi connectivity index (χ4n) is 2.33. The first-order valence-corrected chi connectivity index (χ1v) is 9.07. The van der Waals surface area contributed by atoms with Crippen LogP contribution in [0, 0.1) is 0 Å². The number of halogens is 1. The van der Waals surface area contributed by atoms with Crippen LogP contribution in [0.5, 0.6) is 0 Å². The fraction of sp³-hybridized carbons (Fsp3) is 1.00. The minimum absolute atomic E-state index is 0.277. The zero-order valence-electron chi connectivity index (χ0n) is 13.9. The van der Waals surface area contributed by atoms with Gasteiger partial charge in [-0.3, -0.25) is 0 Å². The molecule has 0 fully saturated rings. The average Bonchev–Trinajstić information content (AvgIpc) is 2.43. The monoisotopic (exact) mass is 305 g/mol. The first-order chi connectivity index (χ1) is 9.54. The lowest BCUT2D eigenvalue weighted by atomic mass is 9.98. The summed E-state index contributed by atoms with van der Waals surface area (Å²) in [5.41, 5.74) is -0.277. The average molecular weight is 306 g/mol. The van der Waals surface area contributed by atoms with Crippen LogP contribution in [0.1, 0.15) is 85.0 Å². The van der Waals surface area contributed by atoms with Crippen LogP contribution in [-0.2, 0) is 0 Å². The zero-order chi connectivity index (χ0) is 15.3. The summed E-state index contributed by atoms with van der Waals surface area (Å²) in [6, 6.07) is 0. The molecule has 0 aliphatic carbocycles. The molecule has 0 saturated heterocycles. The van der Waals surface area contributed by atoms with Gasteiger partial charge in [0.05, 0.1) is 12.0 Å². The zero-order valence-corrected chi connectivity index (χ0v) is 14.6. The highest BCUT2D eigenvalue weighted by molar-refractivity contribution is 6.18. The highest BCUT2D eigenvalue weighted by Crippen LogP contribution is 2.12. The summed E-state index contributed by atoms with van der Waals surface area (Å²) in [7, 11) is 0. The van der Waals surface area contributed by atoms with E-state index in [2.05, 4.69) is 12.2 Å². The molecule has 0 aliphatic heterocycles. The van der Waals surface area contributed by atoms with E-state index in [0.717, 1.165) is 6.54 Å². The molecule has 2 nitrogen and oxygen atoms in total. The van der Waals surface area contributed by atoms with Gasteiger partial charge in [-0.05, 0) is 26.8 Å². The number of hydrogen-bond donors (Lipinski definition) is 2. The second-order valence-corrected chi connectivity index (χ2v) is 6.81. The largest absolute Gasteiger partial charge is 0.390 e. The summed E-state index contributed by atoms with van der Waals surface area (Å²) in [6.07, 6.45) is 13.1. The first-order valence-electron chi connectivity index (χ1n) is 8.53. The molecule has 1 unspecified atom stereocenters. The van der Waals surface area contributed by atoms with Crippen LogP contribution in [0.2, 0.25) is 0 Å². The van der Waals surface area contributed by atoms with E-state index in [0.29, 0.717) is 0 Å². The molecule has 3 heteroatoms. The maximum absolute atomic E-state index is 9.75. The molecule has 0 radical (unpaired) electrons. The highest BCUT2D eigenvalue weighted by Gasteiger charge is 2.25. The van der Waals surface area contributed by atoms with Crippen LogP contribution >= 0.6 is 11.6 Å². The molecule has 0 aromatic carbocycles. The number of hydrogen-bond acceptors (Lipinski definition) is 2. The second-order valence-electron chi connectivity index (χ2n) is 6.50. The van der Waals surface area contributed by atoms with Gasteiger partial charge in [-0.25, -0.2) is 0 Å². The third-order valence-electron chi connectivity index (χ3n) is 4.09. The standard InChI is InChI=1S/C17H36ClNO/c1-4-5-6-7-8-9-10-11-12-13-14-19-17(2,3)16(20)15-18/h16,19-20H,4-15H2,1-3H3. The minimum Gasteiger partial charge on any atom is -0.390 e. The van der Waals surface area contributed by atoms with Gasteiger partial charge in [0.15, 0.2) is 0 Å². The first kappa shape index (κ1) is 20.2. The molecule has 0 aromatic rings. The number of aliphatic hydroxyl groups excluding tert-OH is 1. The summed E-state index contributed by atoms with van der Waals surface area (Å²) in [5.74, 6) is 0.290. The quantitative estimate of drug-likeness (QED) is 0.354. The van der Waals surface area contributed by atoms with Gasteiger partial charge in [0, 0.05) is 5.54 Å². The molecule has 0 aromatic heterocycles. The second kappa shape index (κ2) is 12.9. The van der Waals surface area contributed by atoms with E-state index in [1.165, 1.54) is 64.2 Å². The van der Waals surface area contributed by atoms with Crippen molar-refractivity contribution in [1.29, 1.82) is 0 Å². The Morgan fingerprint density at radius 1 is 0.900 bits per heavy atom. The predicted molar refractivity (Wildman–Crippen MR) is 90.7 cm³/mol. The summed E-state index contributed by atoms with van der Waals surface area (Å²) >= 11 is 5.69. The molecule has 1 atom stereocenters. The smallest absolute Gasteiger partial charge is 0.0851 e. The van der Waals surface area contributed by atoms with E-state index in [9.17, 15) is 5.11 Å². The number of nitrogens with one attached hydrogen (secondary N) is 1. The van der Waals surface area contributed by atoms with Crippen molar-refractivity contribution in [1.82, 2.24) is 5.32 Å². The number of aliphatic hydroxyl groups is 1. The van der Waals surface area contributed by atoms with Gasteiger partial charge in [-0.2, -0.15) is 0 Å². The predicted octanol–water partition coefficient (Wildman–Crippen LogP) is 4.88. The molecule has 0 spiro atoms. The Morgan fingerprint density at radius 2 is 1.35 bits per heavy atom. The van der Waals surface area contributed by atoms with E-state index < -0.39 is 6.10 Å². The Bertz CT molecular complexity index is 209. The molecule has 0 rings (SSSR count). The van der Waals surface area contributed by atoms with E-state index in [1.807, 2.05) is 13.8 Å². The van der Waals surface area contributed by atoms with Gasteiger partial charge in [-0.1, -0.05) is 64.7 Å². The highest BCUT2D eigenvalue weighted by atomic mass is 35.5. The number of alkyl halides is 1. The Balaban J connectivity index is 3.28. The van der Waals surface area contributed by atoms with Crippen molar-refractivity contribution in [3.8, 4) is 0 Å². The van der Waals surface area contributed by atoms with Crippen molar-refractivity contribution in [2.45, 2.75) is 96.6 Å². The molecule has 0 amide bonds. The molecule has 0 saturated carbocycles. The van der Waals surface area contributed by atoms with Gasteiger partial charge in [0.25, 0.3) is 0 Å².